The van der Waals surface area contributed by atoms with Gasteiger partial charge in [-0.3, -0.25) is 14.6 Å². The maximum Gasteiger partial charge on any atom is 0.573 e. The van der Waals surface area contributed by atoms with Gasteiger partial charge in [0.2, 0.25) is 12.3 Å². The zero-order valence-electron chi connectivity index (χ0n) is 22.4. The normalized spacial score (nSPS) is 12.9. The van der Waals surface area contributed by atoms with E-state index in [-0.39, 0.29) is 41.7 Å². The van der Waals surface area contributed by atoms with E-state index in [1.54, 1.807) is 19.1 Å². The van der Waals surface area contributed by atoms with Gasteiger partial charge >= 0.3 is 6.36 Å². The first-order chi connectivity index (χ1) is 19.3. The molecule has 0 aromatic heterocycles. The number of carbonyl (C=O) groups is 3. The summed E-state index contributed by atoms with van der Waals surface area (Å²) in [5.74, 6) is -0.603. The second kappa shape index (κ2) is 15.3. The van der Waals surface area contributed by atoms with Crippen LogP contribution < -0.4 is 20.5 Å². The average molecular weight is 617 g/mol. The summed E-state index contributed by atoms with van der Waals surface area (Å²) in [6.07, 6.45) is -2.21. The molecule has 0 aliphatic rings. The summed E-state index contributed by atoms with van der Waals surface area (Å²) in [5.41, 5.74) is 7.94. The fourth-order valence-electron chi connectivity index (χ4n) is 3.77. The molecule has 1 atom stereocenters. The van der Waals surface area contributed by atoms with Crippen molar-refractivity contribution in [1.82, 2.24) is 10.2 Å². The smallest absolute Gasteiger partial charge is 0.488 e. The number of halogens is 5. The van der Waals surface area contributed by atoms with Crippen LogP contribution in [0.25, 0.3) is 0 Å². The van der Waals surface area contributed by atoms with Crippen molar-refractivity contribution >= 4 is 53.2 Å². The van der Waals surface area contributed by atoms with Crippen molar-refractivity contribution in [2.45, 2.75) is 45.6 Å². The summed E-state index contributed by atoms with van der Waals surface area (Å²) in [4.78, 5) is 40.9. The first-order valence-electron chi connectivity index (χ1n) is 12.1. The summed E-state index contributed by atoms with van der Waals surface area (Å²) in [5, 5.41) is 2.15. The van der Waals surface area contributed by atoms with Gasteiger partial charge in [0.05, 0.1) is 16.6 Å². The lowest BCUT2D eigenvalue weighted by Crippen LogP contribution is -2.45. The van der Waals surface area contributed by atoms with E-state index in [9.17, 15) is 27.6 Å². The van der Waals surface area contributed by atoms with Gasteiger partial charge in [0.25, 0.3) is 0 Å². The van der Waals surface area contributed by atoms with Crippen molar-refractivity contribution in [1.29, 1.82) is 0 Å². The van der Waals surface area contributed by atoms with Crippen LogP contribution in [0.15, 0.2) is 47.1 Å². The molecule has 0 spiro atoms. The summed E-state index contributed by atoms with van der Waals surface area (Å²) >= 11 is 12.2. The van der Waals surface area contributed by atoms with Crippen LogP contribution >= 0.6 is 23.2 Å². The number of ether oxygens (including phenoxy) is 2. The van der Waals surface area contributed by atoms with Gasteiger partial charge in [-0.05, 0) is 31.9 Å². The Balaban J connectivity index is 2.30. The van der Waals surface area contributed by atoms with Crippen LogP contribution in [0, 0.1) is 6.92 Å². The monoisotopic (exact) mass is 616 g/mol. The predicted molar refractivity (Wildman–Crippen MR) is 150 cm³/mol. The molecule has 0 aliphatic heterocycles. The van der Waals surface area contributed by atoms with E-state index in [4.69, 9.17) is 33.7 Å². The Bertz CT molecular complexity index is 1300. The lowest BCUT2D eigenvalue weighted by molar-refractivity contribution is -0.274. The number of nitrogens with two attached hydrogens (primary N) is 1. The molecule has 1 unspecified atom stereocenters. The van der Waals surface area contributed by atoms with E-state index in [0.29, 0.717) is 35.3 Å². The molecule has 2 aromatic rings. The lowest BCUT2D eigenvalue weighted by Gasteiger charge is -2.28. The Hall–Kier alpha value is -3.77. The van der Waals surface area contributed by atoms with E-state index in [1.807, 2.05) is 13.0 Å². The summed E-state index contributed by atoms with van der Waals surface area (Å²) in [7, 11) is 1.44. The Morgan fingerprint density at radius 1 is 1.22 bits per heavy atom. The minimum Gasteiger partial charge on any atom is -0.488 e. The van der Waals surface area contributed by atoms with Crippen molar-refractivity contribution in [3.63, 3.8) is 0 Å². The first kappa shape index (κ1) is 33.4. The number of rotatable bonds is 14. The van der Waals surface area contributed by atoms with E-state index < -0.39 is 24.1 Å². The van der Waals surface area contributed by atoms with E-state index in [0.717, 1.165) is 17.7 Å². The molecule has 9 nitrogen and oxygen atoms in total. The van der Waals surface area contributed by atoms with E-state index in [1.165, 1.54) is 18.1 Å². The fraction of sp³-hybridized carbons (Fsp3) is 0.333. The minimum absolute atomic E-state index is 0.00754. The lowest BCUT2D eigenvalue weighted by atomic mass is 10.0. The maximum atomic E-state index is 12.6. The number of aryl methyl sites for hydroxylation is 1. The molecular weight excluding hydrogens is 588 g/mol. The summed E-state index contributed by atoms with van der Waals surface area (Å²) in [6.45, 7) is 3.34. The number of likely N-dealkylation sites (N-methyl/N-ethyl adjacent to an activating group) is 1. The van der Waals surface area contributed by atoms with Crippen LogP contribution in [0.4, 0.5) is 18.9 Å². The van der Waals surface area contributed by atoms with E-state index in [2.05, 4.69) is 15.0 Å². The van der Waals surface area contributed by atoms with Crippen LogP contribution in [0.1, 0.15) is 30.9 Å². The zero-order chi connectivity index (χ0) is 30.7. The number of nitrogens with one attached hydrogen (secondary N) is 1. The molecule has 2 amide bonds. The van der Waals surface area contributed by atoms with Crippen molar-refractivity contribution in [3.8, 4) is 11.5 Å². The number of hydrogen-bond donors (Lipinski definition) is 2. The number of alkyl halides is 3. The minimum atomic E-state index is -4.92. The third-order valence-electron chi connectivity index (χ3n) is 5.90. The highest BCUT2D eigenvalue weighted by Crippen LogP contribution is 2.39. The average Bonchev–Trinajstić information content (AvgIpc) is 2.90. The molecule has 2 rings (SSSR count). The molecule has 0 saturated heterocycles. The Labute approximate surface area is 245 Å². The van der Waals surface area contributed by atoms with Crippen LogP contribution in [0.3, 0.4) is 0 Å². The third kappa shape index (κ3) is 9.68. The van der Waals surface area contributed by atoms with Gasteiger partial charge in [-0.1, -0.05) is 35.3 Å². The Morgan fingerprint density at radius 3 is 2.41 bits per heavy atom. The van der Waals surface area contributed by atoms with Gasteiger partial charge in [0.1, 0.15) is 36.1 Å². The number of benzene rings is 2. The molecular formula is C27H29Cl2F3N4O5. The molecule has 41 heavy (non-hydrogen) atoms. The van der Waals surface area contributed by atoms with E-state index >= 15 is 0 Å². The van der Waals surface area contributed by atoms with Crippen LogP contribution in [-0.2, 0) is 20.9 Å². The molecule has 0 radical (unpaired) electrons. The van der Waals surface area contributed by atoms with Gasteiger partial charge in [0, 0.05) is 48.6 Å². The number of nitrogens with zero attached hydrogens (tertiary/aromatic N) is 2. The quantitative estimate of drug-likeness (QED) is 0.220. The molecule has 14 heteroatoms. The standard InChI is InChI=1S/C27H29Cl2F3N4O5/c1-16-6-4-8-24(20(16)13-36(15-38)23(7-5-9-37)26(39)34-3)40-14-18(12-33)17(2)35-25-21(28)10-19(11-22(25)29)41-27(30,31)32/h4,6,8-12,15,23H,5,7,13-14,33H2,1-3H3,(H,34,39). The summed E-state index contributed by atoms with van der Waals surface area (Å²) in [6, 6.07) is 6.25. The number of aliphatic imine (C=N–C) groups is 1. The van der Waals surface area contributed by atoms with Gasteiger partial charge in [-0.2, -0.15) is 0 Å². The largest absolute Gasteiger partial charge is 0.573 e. The fourth-order valence-corrected chi connectivity index (χ4v) is 4.32. The van der Waals surface area contributed by atoms with Crippen LogP contribution in [0.2, 0.25) is 10.0 Å². The molecule has 0 fully saturated rings. The predicted octanol–water partition coefficient (Wildman–Crippen LogP) is 5.27. The molecule has 0 bridgehead atoms. The molecule has 0 heterocycles. The van der Waals surface area contributed by atoms with Crippen molar-refractivity contribution in [3.05, 3.63) is 63.3 Å². The Morgan fingerprint density at radius 2 is 1.88 bits per heavy atom. The number of hydrogen-bond acceptors (Lipinski definition) is 7. The van der Waals surface area contributed by atoms with Crippen molar-refractivity contribution in [2.75, 3.05) is 13.7 Å². The van der Waals surface area contributed by atoms with Crippen molar-refractivity contribution in [2.24, 2.45) is 10.7 Å². The maximum absolute atomic E-state index is 12.6. The first-order valence-corrected chi connectivity index (χ1v) is 12.9. The number of amides is 2. The highest BCUT2D eigenvalue weighted by atomic mass is 35.5. The second-order valence-electron chi connectivity index (χ2n) is 8.66. The third-order valence-corrected chi connectivity index (χ3v) is 6.48. The highest BCUT2D eigenvalue weighted by Gasteiger charge is 2.31. The Kier molecular flexibility index (Phi) is 12.5. The number of aldehydes is 1. The molecule has 222 valence electrons. The summed E-state index contributed by atoms with van der Waals surface area (Å²) < 4.78 is 47.5. The molecule has 2 aromatic carbocycles. The SMILES string of the molecule is CNC(=O)C(CCC=O)N(C=O)Cc1c(C)cccc1OCC(=CN)C(C)=Nc1c(Cl)cc(OC(F)(F)F)cc1Cl. The van der Waals surface area contributed by atoms with Gasteiger partial charge in [-0.25, -0.2) is 0 Å². The molecule has 0 aliphatic carbocycles. The van der Waals surface area contributed by atoms with Gasteiger partial charge in [0.15, 0.2) is 0 Å². The zero-order valence-corrected chi connectivity index (χ0v) is 23.9. The second-order valence-corrected chi connectivity index (χ2v) is 9.48. The number of carbonyl (C=O) groups excluding carboxylic acids is 3. The highest BCUT2D eigenvalue weighted by molar-refractivity contribution is 6.39. The van der Waals surface area contributed by atoms with Gasteiger partial charge in [-0.15, -0.1) is 13.2 Å². The molecule has 3 N–H and O–H groups in total. The van der Waals surface area contributed by atoms with Crippen molar-refractivity contribution < 1.29 is 37.0 Å². The molecule has 0 saturated carbocycles. The van der Waals surface area contributed by atoms with Crippen LogP contribution in [0.5, 0.6) is 11.5 Å². The van der Waals surface area contributed by atoms with Gasteiger partial charge < -0.3 is 30.2 Å². The topological polar surface area (TPSA) is 123 Å². The van der Waals surface area contributed by atoms with Crippen LogP contribution in [-0.4, -0.2) is 55.3 Å².